The number of ether oxygens (including phenoxy) is 2. The van der Waals surface area contributed by atoms with E-state index in [1.807, 2.05) is 0 Å². The van der Waals surface area contributed by atoms with Crippen molar-refractivity contribution in [3.05, 3.63) is 41.6 Å². The molecule has 2 heterocycles. The number of hydrazine groups is 1. The minimum Gasteiger partial charge on any atom is -0.491 e. The molecule has 4 nitrogen and oxygen atoms in total. The highest BCUT2D eigenvalue weighted by Crippen LogP contribution is 2.30. The van der Waals surface area contributed by atoms with Gasteiger partial charge in [-0.3, -0.25) is 4.74 Å². The molecular formula is C16H17F5N2O2. The largest absolute Gasteiger partial charge is 0.523 e. The van der Waals surface area contributed by atoms with Crippen LogP contribution < -0.4 is 4.74 Å². The summed E-state index contributed by atoms with van der Waals surface area (Å²) in [6.07, 6.45) is -3.58. The number of alkyl halides is 5. The third-order valence-corrected chi connectivity index (χ3v) is 4.05. The summed E-state index contributed by atoms with van der Waals surface area (Å²) in [6, 6.07) is 4.70. The zero-order valence-electron chi connectivity index (χ0n) is 13.2. The zero-order valence-corrected chi connectivity index (χ0v) is 13.2. The van der Waals surface area contributed by atoms with Crippen LogP contribution in [0.2, 0.25) is 0 Å². The van der Waals surface area contributed by atoms with Crippen LogP contribution in [0.15, 0.2) is 30.5 Å². The topological polar surface area (TPSA) is 24.9 Å². The first-order valence-corrected chi connectivity index (χ1v) is 7.75. The summed E-state index contributed by atoms with van der Waals surface area (Å²) in [4.78, 5) is 0. The number of fused-ring (bicyclic) bond motifs is 1. The van der Waals surface area contributed by atoms with E-state index in [0.29, 0.717) is 24.3 Å². The van der Waals surface area contributed by atoms with E-state index in [4.69, 9.17) is 4.74 Å². The second kappa shape index (κ2) is 7.17. The molecule has 0 spiro atoms. The smallest absolute Gasteiger partial charge is 0.491 e. The number of rotatable bonds is 5. The van der Waals surface area contributed by atoms with Gasteiger partial charge in [-0.1, -0.05) is 18.2 Å². The molecule has 0 saturated heterocycles. The Balaban J connectivity index is 1.67. The predicted molar refractivity (Wildman–Crippen MR) is 78.8 cm³/mol. The van der Waals surface area contributed by atoms with Gasteiger partial charge < -0.3 is 9.75 Å². The minimum atomic E-state index is -4.70. The lowest BCUT2D eigenvalue weighted by Crippen LogP contribution is -2.49. The van der Waals surface area contributed by atoms with E-state index >= 15 is 0 Å². The molecule has 3 rings (SSSR count). The third kappa shape index (κ3) is 4.60. The summed E-state index contributed by atoms with van der Waals surface area (Å²) in [6.45, 7) is -0.0375. The molecule has 0 N–H and O–H groups in total. The number of hydrogen-bond acceptors (Lipinski definition) is 4. The lowest BCUT2D eigenvalue weighted by molar-refractivity contribution is -0.344. The molecule has 0 fully saturated rings. The standard InChI is InChI=1S/C16H17F5N2O2/c17-15(18)7-11-2-3-14-12(6-11)8-13(9-24-14)23-5-1-4-22(23)10-25-16(19,20)21/h1-3,5-6,13,15H,4,7-10H2/t13-/m1/s1. The fourth-order valence-corrected chi connectivity index (χ4v) is 2.99. The van der Waals surface area contributed by atoms with E-state index in [9.17, 15) is 22.0 Å². The van der Waals surface area contributed by atoms with Gasteiger partial charge in [0.1, 0.15) is 19.1 Å². The zero-order chi connectivity index (χ0) is 18.0. The van der Waals surface area contributed by atoms with Crippen molar-refractivity contribution in [3.8, 4) is 5.75 Å². The lowest BCUT2D eigenvalue weighted by atomic mass is 9.99. The maximum absolute atomic E-state index is 12.5. The average molecular weight is 364 g/mol. The first-order valence-electron chi connectivity index (χ1n) is 7.75. The van der Waals surface area contributed by atoms with Gasteiger partial charge >= 0.3 is 6.36 Å². The van der Waals surface area contributed by atoms with Crippen molar-refractivity contribution in [1.29, 1.82) is 0 Å². The normalized spacial score (nSPS) is 20.9. The molecule has 1 aromatic rings. The summed E-state index contributed by atoms with van der Waals surface area (Å²) in [5.41, 5.74) is 1.28. The van der Waals surface area contributed by atoms with E-state index in [2.05, 4.69) is 4.74 Å². The summed E-state index contributed by atoms with van der Waals surface area (Å²) >= 11 is 0. The third-order valence-electron chi connectivity index (χ3n) is 4.05. The van der Waals surface area contributed by atoms with Gasteiger partial charge in [-0.15, -0.1) is 13.2 Å². The van der Waals surface area contributed by atoms with Crippen LogP contribution in [0, 0.1) is 0 Å². The van der Waals surface area contributed by atoms with Crippen LogP contribution in [-0.2, 0) is 17.6 Å². The Morgan fingerprint density at radius 3 is 2.80 bits per heavy atom. The molecule has 138 valence electrons. The van der Waals surface area contributed by atoms with Crippen LogP contribution in [0.4, 0.5) is 22.0 Å². The molecule has 2 aliphatic rings. The first kappa shape index (κ1) is 17.9. The number of halogens is 5. The van der Waals surface area contributed by atoms with Gasteiger partial charge in [-0.2, -0.15) is 5.01 Å². The highest BCUT2D eigenvalue weighted by Gasteiger charge is 2.34. The minimum absolute atomic E-state index is 0.232. The van der Waals surface area contributed by atoms with Crippen molar-refractivity contribution in [1.82, 2.24) is 10.0 Å². The van der Waals surface area contributed by atoms with E-state index < -0.39 is 19.5 Å². The average Bonchev–Trinajstić information content (AvgIpc) is 2.99. The van der Waals surface area contributed by atoms with Gasteiger partial charge in [0, 0.05) is 25.6 Å². The van der Waals surface area contributed by atoms with Crippen molar-refractivity contribution in [2.45, 2.75) is 31.7 Å². The van der Waals surface area contributed by atoms with Crippen LogP contribution >= 0.6 is 0 Å². The van der Waals surface area contributed by atoms with Gasteiger partial charge in [-0.05, 0) is 17.2 Å². The molecule has 0 aliphatic carbocycles. The highest BCUT2D eigenvalue weighted by molar-refractivity contribution is 5.39. The summed E-state index contributed by atoms with van der Waals surface area (Å²) in [7, 11) is 0. The Kier molecular flexibility index (Phi) is 5.14. The lowest BCUT2D eigenvalue weighted by Gasteiger charge is -2.38. The van der Waals surface area contributed by atoms with Crippen LogP contribution in [0.25, 0.3) is 0 Å². The van der Waals surface area contributed by atoms with Gasteiger partial charge in [-0.25, -0.2) is 8.78 Å². The first-order chi connectivity index (χ1) is 11.8. The van der Waals surface area contributed by atoms with Crippen molar-refractivity contribution in [3.63, 3.8) is 0 Å². The van der Waals surface area contributed by atoms with Crippen LogP contribution in [0.3, 0.4) is 0 Å². The fraction of sp³-hybridized carbons (Fsp3) is 0.500. The maximum atomic E-state index is 12.5. The predicted octanol–water partition coefficient (Wildman–Crippen LogP) is 3.34. The monoisotopic (exact) mass is 364 g/mol. The molecule has 0 saturated carbocycles. The molecule has 9 heteroatoms. The molecule has 2 aliphatic heterocycles. The maximum Gasteiger partial charge on any atom is 0.523 e. The van der Waals surface area contributed by atoms with E-state index in [0.717, 1.165) is 5.56 Å². The molecule has 0 unspecified atom stereocenters. The molecule has 1 aromatic carbocycles. The van der Waals surface area contributed by atoms with E-state index in [1.165, 1.54) is 5.01 Å². The SMILES string of the molecule is FC(F)Cc1ccc2c(c1)C[C@@H](N1C=CCN1COC(F)(F)F)CO2. The fourth-order valence-electron chi connectivity index (χ4n) is 2.99. The Morgan fingerprint density at radius 1 is 1.28 bits per heavy atom. The molecule has 0 amide bonds. The van der Waals surface area contributed by atoms with Crippen LogP contribution in [-0.4, -0.2) is 48.7 Å². The second-order valence-electron chi connectivity index (χ2n) is 5.88. The van der Waals surface area contributed by atoms with Crippen molar-refractivity contribution in [2.75, 3.05) is 19.9 Å². The van der Waals surface area contributed by atoms with Crippen LogP contribution in [0.5, 0.6) is 5.75 Å². The molecule has 0 radical (unpaired) electrons. The molecule has 1 atom stereocenters. The number of nitrogens with zero attached hydrogens (tertiary/aromatic N) is 2. The van der Waals surface area contributed by atoms with Gasteiger partial charge in [0.05, 0.1) is 6.04 Å². The quantitative estimate of drug-likeness (QED) is 0.749. The van der Waals surface area contributed by atoms with Gasteiger partial charge in [0.25, 0.3) is 0 Å². The highest BCUT2D eigenvalue weighted by atomic mass is 19.4. The summed E-state index contributed by atoms with van der Waals surface area (Å²) in [5, 5.41) is 3.06. The molecule has 0 aromatic heterocycles. The summed E-state index contributed by atoms with van der Waals surface area (Å²) in [5.74, 6) is 0.621. The van der Waals surface area contributed by atoms with Crippen molar-refractivity contribution in [2.24, 2.45) is 0 Å². The van der Waals surface area contributed by atoms with Gasteiger partial charge in [0.15, 0.2) is 0 Å². The Hall–Kier alpha value is -1.87. The Labute approximate surface area is 141 Å². The Bertz CT molecular complexity index is 635. The van der Waals surface area contributed by atoms with Crippen molar-refractivity contribution >= 4 is 0 Å². The molecular weight excluding hydrogens is 347 g/mol. The van der Waals surface area contributed by atoms with Crippen molar-refractivity contribution < 1.29 is 31.4 Å². The van der Waals surface area contributed by atoms with E-state index in [1.54, 1.807) is 35.5 Å². The summed E-state index contributed by atoms with van der Waals surface area (Å²) < 4.78 is 71.4. The second-order valence-corrected chi connectivity index (χ2v) is 5.88. The van der Waals surface area contributed by atoms with E-state index in [-0.39, 0.29) is 19.1 Å². The van der Waals surface area contributed by atoms with Gasteiger partial charge in [0.2, 0.25) is 6.43 Å². The molecule has 25 heavy (non-hydrogen) atoms. The molecule has 0 bridgehead atoms. The number of benzene rings is 1. The Morgan fingerprint density at radius 2 is 2.08 bits per heavy atom. The number of hydrogen-bond donors (Lipinski definition) is 0. The van der Waals surface area contributed by atoms with Crippen LogP contribution in [0.1, 0.15) is 11.1 Å².